The van der Waals surface area contributed by atoms with E-state index in [2.05, 4.69) is 15.9 Å². The minimum atomic E-state index is -0.441. The molecule has 0 fully saturated rings. The molecule has 0 spiro atoms. The highest BCUT2D eigenvalue weighted by Gasteiger charge is 2.13. The number of anilines is 1. The molecule has 1 aromatic carbocycles. The van der Waals surface area contributed by atoms with Crippen molar-refractivity contribution in [3.8, 4) is 17.5 Å². The van der Waals surface area contributed by atoms with Crippen molar-refractivity contribution in [3.63, 3.8) is 0 Å². The van der Waals surface area contributed by atoms with E-state index in [1.807, 2.05) is 14.0 Å². The first kappa shape index (κ1) is 23.9. The van der Waals surface area contributed by atoms with Crippen LogP contribution in [0.2, 0.25) is 12.6 Å². The Kier molecular flexibility index (Phi) is 9.52. The number of hydrogen-bond donors (Lipinski definition) is 0. The van der Waals surface area contributed by atoms with E-state index in [4.69, 9.17) is 14.7 Å². The number of methoxy groups -OCH3 is 1. The number of benzene rings is 1. The van der Waals surface area contributed by atoms with E-state index >= 15 is 0 Å². The lowest BCUT2D eigenvalue weighted by Crippen LogP contribution is -2.34. The van der Waals surface area contributed by atoms with Gasteiger partial charge in [-0.15, -0.1) is 0 Å². The number of carbonyl (C=O) groups excluding carboxylic acids is 2. The van der Waals surface area contributed by atoms with Crippen LogP contribution >= 0.6 is 0 Å². The Balaban J connectivity index is 1.93. The summed E-state index contributed by atoms with van der Waals surface area (Å²) in [6.07, 6.45) is 3.93. The lowest BCUT2D eigenvalue weighted by Gasteiger charge is -2.22. The Labute approximate surface area is 183 Å². The Bertz CT molecular complexity index is 901. The molecule has 0 saturated heterocycles. The van der Waals surface area contributed by atoms with Crippen molar-refractivity contribution in [2.75, 3.05) is 38.7 Å². The summed E-state index contributed by atoms with van der Waals surface area (Å²) in [7, 11) is 3.29. The number of carbonyl (C=O) groups is 2. The normalized spacial score (nSPS) is 10.3. The van der Waals surface area contributed by atoms with Crippen molar-refractivity contribution in [1.82, 2.24) is 9.88 Å². The molecule has 0 saturated carbocycles. The second-order valence-corrected chi connectivity index (χ2v) is 7.10. The van der Waals surface area contributed by atoms with Crippen molar-refractivity contribution < 1.29 is 19.1 Å². The minimum absolute atomic E-state index is 0.0622. The molecule has 0 unspecified atom stereocenters. The van der Waals surface area contributed by atoms with E-state index in [0.717, 1.165) is 25.6 Å². The molecule has 9 heteroatoms. The summed E-state index contributed by atoms with van der Waals surface area (Å²) in [5.41, 5.74) is 0.390. The number of hydrogen-bond acceptors (Lipinski definition) is 7. The summed E-state index contributed by atoms with van der Waals surface area (Å²) in [6.45, 7) is 4.02. The fourth-order valence-corrected chi connectivity index (χ4v) is 2.89. The molecule has 1 heterocycles. The van der Waals surface area contributed by atoms with Crippen molar-refractivity contribution in [3.05, 3.63) is 48.2 Å². The smallest absolute Gasteiger partial charge is 0.337 e. The van der Waals surface area contributed by atoms with E-state index in [1.165, 1.54) is 18.2 Å². The fourth-order valence-electron chi connectivity index (χ4n) is 2.89. The van der Waals surface area contributed by atoms with Gasteiger partial charge in [-0.25, -0.2) is 15.0 Å². The Morgan fingerprint density at radius 1 is 1.23 bits per heavy atom. The number of pyridine rings is 1. The predicted molar refractivity (Wildman–Crippen MR) is 120 cm³/mol. The summed E-state index contributed by atoms with van der Waals surface area (Å²) in [4.78, 5) is 31.1. The van der Waals surface area contributed by atoms with Gasteiger partial charge in [-0.1, -0.05) is 19.3 Å². The minimum Gasteiger partial charge on any atom is -0.465 e. The van der Waals surface area contributed by atoms with E-state index in [-0.39, 0.29) is 6.71 Å². The lowest BCUT2D eigenvalue weighted by atomic mass is 9.47. The molecule has 0 atom stereocenters. The number of ether oxygens (including phenoxy) is 2. The van der Waals surface area contributed by atoms with Crippen LogP contribution in [-0.2, 0) is 9.53 Å². The maximum absolute atomic E-state index is 11.6. The molecule has 0 radical (unpaired) electrons. The first-order valence-corrected chi connectivity index (χ1v) is 10.1. The number of nitrogens with zero attached hydrogens (tertiary/aromatic N) is 4. The van der Waals surface area contributed by atoms with Crippen LogP contribution in [0.3, 0.4) is 0 Å². The zero-order valence-electron chi connectivity index (χ0n) is 18.2. The zero-order valence-corrected chi connectivity index (χ0v) is 18.2. The maximum atomic E-state index is 11.6. The number of aromatic nitrogens is 1. The third-order valence-electron chi connectivity index (χ3n) is 4.89. The van der Waals surface area contributed by atoms with E-state index < -0.39 is 5.97 Å². The van der Waals surface area contributed by atoms with Crippen molar-refractivity contribution in [1.29, 1.82) is 5.26 Å². The Morgan fingerprint density at radius 2 is 2.03 bits per heavy atom. The van der Waals surface area contributed by atoms with Crippen LogP contribution in [0, 0.1) is 11.2 Å². The molecule has 0 aliphatic heterocycles. The van der Waals surface area contributed by atoms with Crippen molar-refractivity contribution >= 4 is 24.9 Å². The molecule has 2 rings (SSSR count). The molecule has 0 N–H and O–H groups in total. The molecule has 8 nitrogen and oxygen atoms in total. The van der Waals surface area contributed by atoms with Crippen LogP contribution in [0.1, 0.15) is 17.3 Å². The van der Waals surface area contributed by atoms with Gasteiger partial charge < -0.3 is 14.4 Å². The van der Waals surface area contributed by atoms with Crippen LogP contribution < -0.4 is 9.64 Å². The average molecular weight is 422 g/mol. The third kappa shape index (κ3) is 7.43. The number of rotatable bonds is 12. The summed E-state index contributed by atoms with van der Waals surface area (Å²) in [6, 6.07) is 10.1. The van der Waals surface area contributed by atoms with Gasteiger partial charge in [0.05, 0.1) is 18.9 Å². The summed E-state index contributed by atoms with van der Waals surface area (Å²) in [5.74, 6) is 3.34. The lowest BCUT2D eigenvalue weighted by molar-refractivity contribution is -0.107. The number of amides is 1. The van der Waals surface area contributed by atoms with Gasteiger partial charge in [-0.05, 0) is 50.2 Å². The summed E-state index contributed by atoms with van der Waals surface area (Å²) >= 11 is 0. The molecule has 1 amide bonds. The highest BCUT2D eigenvalue weighted by Crippen LogP contribution is 2.23. The molecule has 162 valence electrons. The van der Waals surface area contributed by atoms with E-state index in [0.29, 0.717) is 36.0 Å². The van der Waals surface area contributed by atoms with Gasteiger partial charge >= 0.3 is 5.97 Å². The molecule has 0 aliphatic carbocycles. The number of esters is 1. The van der Waals surface area contributed by atoms with E-state index in [1.54, 1.807) is 36.4 Å². The van der Waals surface area contributed by atoms with Crippen molar-refractivity contribution in [2.24, 2.45) is 0 Å². The molecular formula is C22H27BN4O4. The van der Waals surface area contributed by atoms with Crippen molar-refractivity contribution in [2.45, 2.75) is 19.6 Å². The second-order valence-electron chi connectivity index (χ2n) is 7.10. The quantitative estimate of drug-likeness (QED) is 0.295. The number of nitriles is 1. The monoisotopic (exact) mass is 422 g/mol. The molecule has 0 bridgehead atoms. The van der Waals surface area contributed by atoms with Gasteiger partial charge in [-0.3, -0.25) is 9.69 Å². The predicted octanol–water partition coefficient (Wildman–Crippen LogP) is 3.13. The Hall–Kier alpha value is -3.38. The van der Waals surface area contributed by atoms with Crippen LogP contribution in [0.25, 0.3) is 0 Å². The first-order valence-electron chi connectivity index (χ1n) is 10.1. The van der Waals surface area contributed by atoms with Gasteiger partial charge in [-0.2, -0.15) is 0 Å². The first-order chi connectivity index (χ1) is 15.0. The highest BCUT2D eigenvalue weighted by atomic mass is 16.5. The average Bonchev–Trinajstić information content (AvgIpc) is 2.80. The standard InChI is InChI=1S/C22H27BN4O4/c1-4-23(16-24)10-11-26(2)12-13-27(17-28)21-9-8-20(15-25-21)31-19-7-5-6-18(14-19)22(29)30-3/h5-9,14-15,17H,4,10-13H2,1-3H3. The van der Waals surface area contributed by atoms with Crippen LogP contribution in [0.15, 0.2) is 42.6 Å². The van der Waals surface area contributed by atoms with Crippen LogP contribution in [0.5, 0.6) is 11.5 Å². The van der Waals surface area contributed by atoms with Gasteiger partial charge in [0, 0.05) is 19.1 Å². The number of likely N-dealkylation sites (N-methyl/N-ethyl adjacent to an activating group) is 1. The third-order valence-corrected chi connectivity index (χ3v) is 4.89. The Morgan fingerprint density at radius 3 is 2.65 bits per heavy atom. The van der Waals surface area contributed by atoms with E-state index in [9.17, 15) is 9.59 Å². The van der Waals surface area contributed by atoms with Gasteiger partial charge in [0.2, 0.25) is 6.41 Å². The summed E-state index contributed by atoms with van der Waals surface area (Å²) < 4.78 is 10.5. The topological polar surface area (TPSA) is 95.8 Å². The molecule has 1 aromatic heterocycles. The molecule has 2 aromatic rings. The fraction of sp³-hybridized carbons (Fsp3) is 0.364. The molecular weight excluding hydrogens is 395 g/mol. The molecule has 0 aliphatic rings. The highest BCUT2D eigenvalue weighted by molar-refractivity contribution is 6.66. The largest absolute Gasteiger partial charge is 0.465 e. The maximum Gasteiger partial charge on any atom is 0.337 e. The van der Waals surface area contributed by atoms with Gasteiger partial charge in [0.1, 0.15) is 17.3 Å². The van der Waals surface area contributed by atoms with Gasteiger partial charge in [0.25, 0.3) is 6.71 Å². The molecule has 31 heavy (non-hydrogen) atoms. The van der Waals surface area contributed by atoms with Crippen LogP contribution in [-0.4, -0.2) is 62.8 Å². The van der Waals surface area contributed by atoms with Crippen LogP contribution in [0.4, 0.5) is 5.82 Å². The summed E-state index contributed by atoms with van der Waals surface area (Å²) in [5, 5.41) is 9.05. The van der Waals surface area contributed by atoms with Gasteiger partial charge in [0.15, 0.2) is 0 Å². The second kappa shape index (κ2) is 12.3. The SMILES string of the molecule is CCB(C#N)CCN(C)CCN(C=O)c1ccc(Oc2cccc(C(=O)OC)c2)cn1. The zero-order chi connectivity index (χ0) is 22.6.